The van der Waals surface area contributed by atoms with Gasteiger partial charge in [-0.3, -0.25) is 10.1 Å². The Bertz CT molecular complexity index is 1280. The van der Waals surface area contributed by atoms with Gasteiger partial charge in [0.05, 0.1) is 0 Å². The fourth-order valence-electron chi connectivity index (χ4n) is 5.55. The minimum atomic E-state index is -1.15. The first-order valence-corrected chi connectivity index (χ1v) is 11.1. The molecule has 3 aromatic rings. The van der Waals surface area contributed by atoms with Gasteiger partial charge in [-0.1, -0.05) is 53.7 Å². The third-order valence-electron chi connectivity index (χ3n) is 7.15. The number of benzene rings is 2. The van der Waals surface area contributed by atoms with Gasteiger partial charge in [0.25, 0.3) is 5.91 Å². The molecular formula is C25H21N3O6. The third kappa shape index (κ3) is 3.00. The Hall–Kier alpha value is -4.14. The van der Waals surface area contributed by atoms with Crippen LogP contribution < -0.4 is 5.32 Å². The van der Waals surface area contributed by atoms with E-state index in [1.165, 1.54) is 11.0 Å². The minimum Gasteiger partial charge on any atom is -0.479 e. The first-order valence-electron chi connectivity index (χ1n) is 11.1. The Morgan fingerprint density at radius 2 is 1.74 bits per heavy atom. The molecule has 34 heavy (non-hydrogen) atoms. The Balaban J connectivity index is 1.11. The van der Waals surface area contributed by atoms with Gasteiger partial charge in [0.2, 0.25) is 5.88 Å². The lowest BCUT2D eigenvalue weighted by atomic mass is 9.73. The van der Waals surface area contributed by atoms with E-state index in [2.05, 4.69) is 22.6 Å². The van der Waals surface area contributed by atoms with Gasteiger partial charge >= 0.3 is 12.1 Å². The number of nitrogens with one attached hydrogen (secondary N) is 1. The molecule has 1 saturated carbocycles. The lowest BCUT2D eigenvalue weighted by molar-refractivity contribution is -0.151. The number of rotatable bonds is 5. The van der Waals surface area contributed by atoms with Crippen LogP contribution in [0.1, 0.15) is 40.4 Å². The van der Waals surface area contributed by atoms with E-state index < -0.39 is 23.5 Å². The molecule has 2 bridgehead atoms. The molecule has 0 radical (unpaired) electrons. The number of hydrogen-bond acceptors (Lipinski definition) is 6. The van der Waals surface area contributed by atoms with Crippen molar-refractivity contribution >= 4 is 23.9 Å². The number of fused-ring (bicyclic) bond motifs is 4. The van der Waals surface area contributed by atoms with Crippen LogP contribution >= 0.6 is 0 Å². The third-order valence-corrected chi connectivity index (χ3v) is 7.15. The van der Waals surface area contributed by atoms with Gasteiger partial charge in [-0.05, 0) is 41.0 Å². The van der Waals surface area contributed by atoms with E-state index >= 15 is 0 Å². The molecule has 2 aliphatic heterocycles. The first kappa shape index (κ1) is 20.5. The number of carboxylic acids is 1. The lowest BCUT2D eigenvalue weighted by Gasteiger charge is -2.37. The summed E-state index contributed by atoms with van der Waals surface area (Å²) in [6.07, 6.45) is 0.176. The van der Waals surface area contributed by atoms with Crippen molar-refractivity contribution in [2.24, 2.45) is 5.92 Å². The molecule has 2 amide bonds. The smallest absolute Gasteiger partial charge is 0.414 e. The molecule has 2 aliphatic carbocycles. The zero-order valence-corrected chi connectivity index (χ0v) is 18.1. The fraction of sp³-hybridized carbons (Fsp3) is 0.280. The van der Waals surface area contributed by atoms with E-state index in [-0.39, 0.29) is 30.0 Å². The average Bonchev–Trinajstić information content (AvgIpc) is 3.57. The maximum atomic E-state index is 12.8. The minimum absolute atomic E-state index is 0.0449. The molecule has 9 heteroatoms. The standard InChI is InChI=1S/C25H21N3O6/c29-22(28-12-14-10-25(28,11-14)23(30)31)20-9-21(34-27-20)26-24(32)33-13-19-17-7-3-1-5-15(17)16-6-2-4-8-18(16)19/h1-9,14,19H,10-13H2,(H,26,32)(H,30,31). The highest BCUT2D eigenvalue weighted by Gasteiger charge is 2.63. The molecule has 3 fully saturated rings. The molecule has 1 aromatic heterocycles. The highest BCUT2D eigenvalue weighted by Crippen LogP contribution is 2.51. The van der Waals surface area contributed by atoms with Crippen LogP contribution in [0.4, 0.5) is 10.7 Å². The highest BCUT2D eigenvalue weighted by molar-refractivity contribution is 5.98. The quantitative estimate of drug-likeness (QED) is 0.596. The number of aromatic nitrogens is 1. The van der Waals surface area contributed by atoms with Crippen molar-refractivity contribution in [2.75, 3.05) is 18.5 Å². The van der Waals surface area contributed by atoms with Crippen molar-refractivity contribution in [2.45, 2.75) is 24.3 Å². The molecule has 0 unspecified atom stereocenters. The molecule has 2 N–H and O–H groups in total. The van der Waals surface area contributed by atoms with Crippen LogP contribution in [0, 0.1) is 5.92 Å². The van der Waals surface area contributed by atoms with Gasteiger partial charge in [0, 0.05) is 18.5 Å². The Labute approximate surface area is 194 Å². The number of hydrogen-bond donors (Lipinski definition) is 2. The number of amides is 2. The van der Waals surface area contributed by atoms with Gasteiger partial charge in [0.15, 0.2) is 5.69 Å². The summed E-state index contributed by atoms with van der Waals surface area (Å²) in [7, 11) is 0. The monoisotopic (exact) mass is 459 g/mol. The summed E-state index contributed by atoms with van der Waals surface area (Å²) in [6.45, 7) is 0.517. The highest BCUT2D eigenvalue weighted by atomic mass is 16.6. The number of carboxylic acid groups (broad SMARTS) is 1. The molecule has 4 aliphatic rings. The second kappa shape index (κ2) is 7.44. The van der Waals surface area contributed by atoms with Crippen LogP contribution in [0.15, 0.2) is 59.1 Å². The molecule has 9 nitrogen and oxygen atoms in total. The van der Waals surface area contributed by atoms with Crippen molar-refractivity contribution in [3.05, 3.63) is 71.4 Å². The summed E-state index contributed by atoms with van der Waals surface area (Å²) < 4.78 is 10.6. The van der Waals surface area contributed by atoms with E-state index in [0.717, 1.165) is 22.3 Å². The van der Waals surface area contributed by atoms with E-state index in [0.29, 0.717) is 19.4 Å². The van der Waals surface area contributed by atoms with Gasteiger partial charge in [-0.2, -0.15) is 0 Å². The van der Waals surface area contributed by atoms with Gasteiger partial charge in [-0.15, -0.1) is 0 Å². The number of nitrogens with zero attached hydrogens (tertiary/aromatic N) is 2. The maximum absolute atomic E-state index is 12.8. The molecule has 7 rings (SSSR count). The summed E-state index contributed by atoms with van der Waals surface area (Å²) in [5, 5.41) is 15.7. The Kier molecular flexibility index (Phi) is 4.48. The predicted molar refractivity (Wildman–Crippen MR) is 119 cm³/mol. The molecule has 2 aromatic carbocycles. The normalized spacial score (nSPS) is 22.0. The van der Waals surface area contributed by atoms with Crippen LogP contribution in [0.25, 0.3) is 11.1 Å². The van der Waals surface area contributed by atoms with E-state index in [1.807, 2.05) is 36.4 Å². The molecule has 172 valence electrons. The number of anilines is 1. The number of carbonyl (C=O) groups is 3. The van der Waals surface area contributed by atoms with Crippen molar-refractivity contribution in [3.8, 4) is 11.1 Å². The Morgan fingerprint density at radius 3 is 2.38 bits per heavy atom. The van der Waals surface area contributed by atoms with Gasteiger partial charge in [0.1, 0.15) is 12.1 Å². The largest absolute Gasteiger partial charge is 0.479 e. The van der Waals surface area contributed by atoms with E-state index in [4.69, 9.17) is 9.26 Å². The van der Waals surface area contributed by atoms with Gasteiger partial charge in [-0.25, -0.2) is 9.59 Å². The van der Waals surface area contributed by atoms with Crippen LogP contribution in [0.2, 0.25) is 0 Å². The summed E-state index contributed by atoms with van der Waals surface area (Å²) in [4.78, 5) is 38.3. The van der Waals surface area contributed by atoms with Crippen LogP contribution in [0.3, 0.4) is 0 Å². The first-order chi connectivity index (χ1) is 16.5. The lowest BCUT2D eigenvalue weighted by Crippen LogP contribution is -2.54. The fourth-order valence-corrected chi connectivity index (χ4v) is 5.55. The summed E-state index contributed by atoms with van der Waals surface area (Å²) >= 11 is 0. The van der Waals surface area contributed by atoms with Gasteiger partial charge < -0.3 is 19.3 Å². The van der Waals surface area contributed by atoms with Crippen molar-refractivity contribution in [3.63, 3.8) is 0 Å². The van der Waals surface area contributed by atoms with E-state index in [1.54, 1.807) is 0 Å². The van der Waals surface area contributed by atoms with Crippen LogP contribution in [-0.4, -0.2) is 51.8 Å². The van der Waals surface area contributed by atoms with Crippen LogP contribution in [-0.2, 0) is 9.53 Å². The summed E-state index contributed by atoms with van der Waals surface area (Å²) in [5.41, 5.74) is 3.25. The second-order valence-electron chi connectivity index (χ2n) is 9.05. The maximum Gasteiger partial charge on any atom is 0.414 e. The predicted octanol–water partition coefficient (Wildman–Crippen LogP) is 3.72. The van der Waals surface area contributed by atoms with E-state index in [9.17, 15) is 19.5 Å². The molecule has 3 heterocycles. The molecule has 0 atom stereocenters. The number of ether oxygens (including phenoxy) is 1. The second-order valence-corrected chi connectivity index (χ2v) is 9.05. The average molecular weight is 459 g/mol. The molecular weight excluding hydrogens is 438 g/mol. The van der Waals surface area contributed by atoms with Crippen molar-refractivity contribution in [1.29, 1.82) is 0 Å². The summed E-state index contributed by atoms with van der Waals surface area (Å²) in [6, 6.07) is 17.4. The van der Waals surface area contributed by atoms with Crippen molar-refractivity contribution < 1.29 is 28.8 Å². The molecule has 2 saturated heterocycles. The number of aliphatic carboxylic acids is 1. The SMILES string of the molecule is O=C(Nc1cc(C(=O)N2CC3CC2(C(=O)O)C3)no1)OCC1c2ccccc2-c2ccccc21. The molecule has 0 spiro atoms. The zero-order valence-electron chi connectivity index (χ0n) is 18.1. The number of carbonyl (C=O) groups excluding carboxylic acids is 2. The summed E-state index contributed by atoms with van der Waals surface area (Å²) in [5.74, 6) is -1.46. The Morgan fingerprint density at radius 1 is 1.09 bits per heavy atom. The zero-order chi connectivity index (χ0) is 23.4. The topological polar surface area (TPSA) is 122 Å². The van der Waals surface area contributed by atoms with Crippen molar-refractivity contribution in [1.82, 2.24) is 10.1 Å². The van der Waals surface area contributed by atoms with Crippen LogP contribution in [0.5, 0.6) is 0 Å².